The van der Waals surface area contributed by atoms with E-state index in [1.165, 1.54) is 24.1 Å². The molecule has 108 valence electrons. The summed E-state index contributed by atoms with van der Waals surface area (Å²) in [6.45, 7) is 7.09. The van der Waals surface area contributed by atoms with Crippen LogP contribution in [0, 0.1) is 0 Å². The molecule has 2 rings (SSSR count). The monoisotopic (exact) mass is 283 g/mol. The van der Waals surface area contributed by atoms with Gasteiger partial charge in [-0.2, -0.15) is 0 Å². The molecule has 1 unspecified atom stereocenters. The molecule has 0 aromatic carbocycles. The average molecular weight is 283 g/mol. The molecule has 0 radical (unpaired) electrons. The summed E-state index contributed by atoms with van der Waals surface area (Å²) in [5.74, 6) is 0. The van der Waals surface area contributed by atoms with Crippen LogP contribution in [-0.2, 0) is 11.3 Å². The largest absolute Gasteiger partial charge is 0.376 e. The van der Waals surface area contributed by atoms with Crippen molar-refractivity contribution in [3.05, 3.63) is 11.1 Å². The number of nitrogens with one attached hydrogen (secondary N) is 1. The minimum Gasteiger partial charge on any atom is -0.376 e. The topological polar surface area (TPSA) is 37.4 Å². The standard InChI is InChI=1S/C14H25N3OS/c1-11(2)15-8-13-9-16-14(19-13)17(3)10-12-6-4-5-7-18-12/h9,11-12,15H,4-8,10H2,1-3H3. The second-order valence-electron chi connectivity index (χ2n) is 5.51. The van der Waals surface area contributed by atoms with Gasteiger partial charge in [-0.1, -0.05) is 13.8 Å². The van der Waals surface area contributed by atoms with Gasteiger partial charge in [0.05, 0.1) is 6.10 Å². The van der Waals surface area contributed by atoms with Crippen LogP contribution in [0.2, 0.25) is 0 Å². The predicted molar refractivity (Wildman–Crippen MR) is 81.0 cm³/mol. The number of hydrogen-bond acceptors (Lipinski definition) is 5. The first-order valence-corrected chi connectivity index (χ1v) is 7.97. The summed E-state index contributed by atoms with van der Waals surface area (Å²) in [6.07, 6.45) is 6.04. The lowest BCUT2D eigenvalue weighted by Crippen LogP contribution is -2.33. The zero-order valence-corrected chi connectivity index (χ0v) is 13.0. The minimum atomic E-state index is 0.375. The maximum absolute atomic E-state index is 5.78. The van der Waals surface area contributed by atoms with Crippen LogP contribution in [0.5, 0.6) is 0 Å². The highest BCUT2D eigenvalue weighted by Gasteiger charge is 2.17. The molecule has 0 bridgehead atoms. The summed E-state index contributed by atoms with van der Waals surface area (Å²) in [4.78, 5) is 8.02. The Bertz CT molecular complexity index is 375. The fraction of sp³-hybridized carbons (Fsp3) is 0.786. The van der Waals surface area contributed by atoms with Crippen molar-refractivity contribution < 1.29 is 4.74 Å². The molecule has 0 spiro atoms. The number of hydrogen-bond donors (Lipinski definition) is 1. The van der Waals surface area contributed by atoms with E-state index < -0.39 is 0 Å². The summed E-state index contributed by atoms with van der Waals surface area (Å²) in [6, 6.07) is 0.513. The highest BCUT2D eigenvalue weighted by atomic mass is 32.1. The molecule has 19 heavy (non-hydrogen) atoms. The maximum Gasteiger partial charge on any atom is 0.185 e. The van der Waals surface area contributed by atoms with Crippen molar-refractivity contribution in [1.82, 2.24) is 10.3 Å². The Balaban J connectivity index is 1.82. The molecule has 4 nitrogen and oxygen atoms in total. The predicted octanol–water partition coefficient (Wildman–Crippen LogP) is 2.65. The minimum absolute atomic E-state index is 0.375. The van der Waals surface area contributed by atoms with Crippen LogP contribution in [0.3, 0.4) is 0 Å². The van der Waals surface area contributed by atoms with E-state index >= 15 is 0 Å². The van der Waals surface area contributed by atoms with Gasteiger partial charge in [-0.25, -0.2) is 4.98 Å². The molecule has 1 N–H and O–H groups in total. The van der Waals surface area contributed by atoms with E-state index in [1.807, 2.05) is 6.20 Å². The quantitative estimate of drug-likeness (QED) is 0.871. The van der Waals surface area contributed by atoms with Gasteiger partial charge in [0.1, 0.15) is 0 Å². The normalized spacial score (nSPS) is 19.9. The fourth-order valence-electron chi connectivity index (χ4n) is 2.20. The Morgan fingerprint density at radius 3 is 3.05 bits per heavy atom. The molecule has 2 heterocycles. The highest BCUT2D eigenvalue weighted by molar-refractivity contribution is 7.15. The smallest absolute Gasteiger partial charge is 0.185 e. The van der Waals surface area contributed by atoms with Gasteiger partial charge in [0.15, 0.2) is 5.13 Å². The Morgan fingerprint density at radius 1 is 1.53 bits per heavy atom. The molecule has 1 atom stereocenters. The molecule has 0 saturated carbocycles. The van der Waals surface area contributed by atoms with Gasteiger partial charge in [-0.3, -0.25) is 0 Å². The zero-order valence-electron chi connectivity index (χ0n) is 12.2. The van der Waals surface area contributed by atoms with Crippen LogP contribution in [0.15, 0.2) is 6.20 Å². The van der Waals surface area contributed by atoms with Gasteiger partial charge >= 0.3 is 0 Å². The third kappa shape index (κ3) is 4.75. The van der Waals surface area contributed by atoms with Gasteiger partial charge < -0.3 is 15.0 Å². The van der Waals surface area contributed by atoms with Crippen LogP contribution in [0.4, 0.5) is 5.13 Å². The second-order valence-corrected chi connectivity index (χ2v) is 6.61. The van der Waals surface area contributed by atoms with E-state index in [1.54, 1.807) is 11.3 Å². The van der Waals surface area contributed by atoms with Gasteiger partial charge in [0.25, 0.3) is 0 Å². The van der Waals surface area contributed by atoms with Crippen LogP contribution in [-0.4, -0.2) is 37.3 Å². The third-order valence-corrected chi connectivity index (χ3v) is 4.42. The van der Waals surface area contributed by atoms with Crippen LogP contribution < -0.4 is 10.2 Å². The molecule has 1 saturated heterocycles. The van der Waals surface area contributed by atoms with Crippen molar-refractivity contribution in [3.8, 4) is 0 Å². The third-order valence-electron chi connectivity index (χ3n) is 3.30. The lowest BCUT2D eigenvalue weighted by molar-refractivity contribution is 0.0216. The molecular weight excluding hydrogens is 258 g/mol. The van der Waals surface area contributed by atoms with Crippen LogP contribution in [0.1, 0.15) is 38.0 Å². The van der Waals surface area contributed by atoms with Crippen molar-refractivity contribution in [1.29, 1.82) is 0 Å². The van der Waals surface area contributed by atoms with E-state index in [9.17, 15) is 0 Å². The summed E-state index contributed by atoms with van der Waals surface area (Å²) in [5, 5.41) is 4.51. The lowest BCUT2D eigenvalue weighted by Gasteiger charge is -2.27. The van der Waals surface area contributed by atoms with Gasteiger partial charge in [-0.15, -0.1) is 11.3 Å². The lowest BCUT2D eigenvalue weighted by atomic mass is 10.1. The summed E-state index contributed by atoms with van der Waals surface area (Å²) >= 11 is 1.77. The summed E-state index contributed by atoms with van der Waals surface area (Å²) in [5.41, 5.74) is 0. The van der Waals surface area contributed by atoms with Crippen molar-refractivity contribution in [2.75, 3.05) is 25.1 Å². The Labute approximate surface area is 120 Å². The number of nitrogens with zero attached hydrogens (tertiary/aromatic N) is 2. The Hall–Kier alpha value is -0.650. The SMILES string of the molecule is CC(C)NCc1cnc(N(C)CC2CCCCO2)s1. The number of thiazole rings is 1. The molecule has 0 amide bonds. The highest BCUT2D eigenvalue weighted by Crippen LogP contribution is 2.23. The number of aromatic nitrogens is 1. The number of anilines is 1. The van der Waals surface area contributed by atoms with Crippen molar-refractivity contribution in [2.24, 2.45) is 0 Å². The van der Waals surface area contributed by atoms with E-state index in [-0.39, 0.29) is 0 Å². The fourth-order valence-corrected chi connectivity index (χ4v) is 3.03. The average Bonchev–Trinajstić information content (AvgIpc) is 2.86. The van der Waals surface area contributed by atoms with Gasteiger partial charge in [0, 0.05) is 43.9 Å². The Morgan fingerprint density at radius 2 is 2.37 bits per heavy atom. The van der Waals surface area contributed by atoms with Crippen molar-refractivity contribution in [2.45, 2.75) is 51.8 Å². The zero-order chi connectivity index (χ0) is 13.7. The van der Waals surface area contributed by atoms with Gasteiger partial charge in [0.2, 0.25) is 0 Å². The molecule has 1 fully saturated rings. The first-order valence-electron chi connectivity index (χ1n) is 7.16. The molecule has 1 aliphatic rings. The molecule has 5 heteroatoms. The van der Waals surface area contributed by atoms with E-state index in [2.05, 4.69) is 36.1 Å². The molecule has 1 aromatic rings. The first-order chi connectivity index (χ1) is 9.15. The first kappa shape index (κ1) is 14.8. The van der Waals surface area contributed by atoms with Crippen LogP contribution in [0.25, 0.3) is 0 Å². The van der Waals surface area contributed by atoms with Crippen molar-refractivity contribution >= 4 is 16.5 Å². The Kier molecular flexibility index (Phi) is 5.60. The summed E-state index contributed by atoms with van der Waals surface area (Å²) in [7, 11) is 2.11. The second kappa shape index (κ2) is 7.22. The number of rotatable bonds is 6. The maximum atomic E-state index is 5.78. The molecular formula is C14H25N3OS. The van der Waals surface area contributed by atoms with Crippen molar-refractivity contribution in [3.63, 3.8) is 0 Å². The molecule has 1 aliphatic heterocycles. The van der Waals surface area contributed by atoms with Crippen LogP contribution >= 0.6 is 11.3 Å². The van der Waals surface area contributed by atoms with E-state index in [0.717, 1.165) is 24.8 Å². The molecule has 1 aromatic heterocycles. The van der Waals surface area contributed by atoms with Gasteiger partial charge in [-0.05, 0) is 19.3 Å². The summed E-state index contributed by atoms with van der Waals surface area (Å²) < 4.78 is 5.78. The molecule has 0 aliphatic carbocycles. The number of ether oxygens (including phenoxy) is 1. The number of likely N-dealkylation sites (N-methyl/N-ethyl adjacent to an activating group) is 1. The van der Waals surface area contributed by atoms with E-state index in [4.69, 9.17) is 4.74 Å². The van der Waals surface area contributed by atoms with E-state index in [0.29, 0.717) is 12.1 Å².